The van der Waals surface area contributed by atoms with Gasteiger partial charge in [-0.2, -0.15) is 0 Å². The predicted octanol–water partition coefficient (Wildman–Crippen LogP) is 1.03. The minimum absolute atomic E-state index is 0.0444. The fourth-order valence-corrected chi connectivity index (χ4v) is 2.90. The maximum Gasteiger partial charge on any atom is 0.239 e. The van der Waals surface area contributed by atoms with E-state index < -0.39 is 0 Å². The highest BCUT2D eigenvalue weighted by atomic mass is 16.3. The van der Waals surface area contributed by atoms with Gasteiger partial charge in [0, 0.05) is 29.3 Å². The van der Waals surface area contributed by atoms with Crippen molar-refractivity contribution in [1.29, 1.82) is 0 Å². The molecule has 5 nitrogen and oxygen atoms in total. The first-order valence-corrected chi connectivity index (χ1v) is 6.97. The lowest BCUT2D eigenvalue weighted by atomic mass is 10.0. The molecule has 1 aliphatic heterocycles. The number of aromatic amines is 1. The third-order valence-corrected chi connectivity index (χ3v) is 3.87. The molecular formula is C15H19N3O2. The summed E-state index contributed by atoms with van der Waals surface area (Å²) in [6.07, 6.45) is 2.61. The van der Waals surface area contributed by atoms with Crippen LogP contribution in [0.15, 0.2) is 24.4 Å². The molecule has 0 bridgehead atoms. The molecule has 3 N–H and O–H groups in total. The third-order valence-electron chi connectivity index (χ3n) is 3.87. The van der Waals surface area contributed by atoms with E-state index in [1.807, 2.05) is 25.3 Å². The van der Waals surface area contributed by atoms with Gasteiger partial charge in [0.15, 0.2) is 0 Å². The summed E-state index contributed by atoms with van der Waals surface area (Å²) in [5.74, 6) is -0.0444. The minimum atomic E-state index is -0.230. The number of aliphatic hydroxyl groups excluding tert-OH is 1. The van der Waals surface area contributed by atoms with Gasteiger partial charge in [-0.25, -0.2) is 0 Å². The van der Waals surface area contributed by atoms with Crippen molar-refractivity contribution >= 4 is 22.5 Å². The molecule has 0 aliphatic carbocycles. The van der Waals surface area contributed by atoms with Crippen molar-refractivity contribution in [2.24, 2.45) is 0 Å². The number of H-pyrrole nitrogens is 1. The van der Waals surface area contributed by atoms with Gasteiger partial charge in [0.1, 0.15) is 0 Å². The maximum atomic E-state index is 12.0. The highest BCUT2D eigenvalue weighted by molar-refractivity contribution is 5.97. The number of anilines is 1. The molecule has 1 aromatic carbocycles. The zero-order valence-electron chi connectivity index (χ0n) is 11.5. The Balaban J connectivity index is 2.17. The molecule has 0 radical (unpaired) electrons. The van der Waals surface area contributed by atoms with Crippen molar-refractivity contribution in [2.75, 3.05) is 24.6 Å². The number of nitrogens with zero attached hydrogens (tertiary/aromatic N) is 1. The zero-order chi connectivity index (χ0) is 14.1. The number of likely N-dealkylation sites (N-methyl/N-ethyl adjacent to an activating group) is 1. The van der Waals surface area contributed by atoms with E-state index in [1.54, 1.807) is 0 Å². The second-order valence-corrected chi connectivity index (χ2v) is 5.18. The minimum Gasteiger partial charge on any atom is -0.394 e. The summed E-state index contributed by atoms with van der Waals surface area (Å²) in [6, 6.07) is 5.86. The van der Waals surface area contributed by atoms with Crippen LogP contribution in [0.3, 0.4) is 0 Å². The molecule has 1 aromatic heterocycles. The SMILES string of the molecule is CCN1CC(=O)NC(CO)Cc2c[nH]c3cccc1c23. The smallest absolute Gasteiger partial charge is 0.239 e. The first-order chi connectivity index (χ1) is 9.72. The number of aromatic nitrogens is 1. The summed E-state index contributed by atoms with van der Waals surface area (Å²) in [5, 5.41) is 13.5. The molecule has 0 fully saturated rings. The molecular weight excluding hydrogens is 254 g/mol. The van der Waals surface area contributed by atoms with Crippen LogP contribution in [0.2, 0.25) is 0 Å². The standard InChI is InChI=1S/C15H19N3O2/c1-2-18-8-14(20)17-11(9-19)6-10-7-16-12-4-3-5-13(18)15(10)12/h3-5,7,11,16,19H,2,6,8-9H2,1H3,(H,17,20). The largest absolute Gasteiger partial charge is 0.394 e. The van der Waals surface area contributed by atoms with Crippen molar-refractivity contribution in [1.82, 2.24) is 10.3 Å². The van der Waals surface area contributed by atoms with E-state index in [9.17, 15) is 9.90 Å². The third kappa shape index (κ3) is 2.14. The number of carbonyl (C=O) groups excluding carboxylic acids is 1. The molecule has 2 aromatic rings. The predicted molar refractivity (Wildman–Crippen MR) is 78.9 cm³/mol. The number of aliphatic hydroxyl groups is 1. The first kappa shape index (κ1) is 13.0. The van der Waals surface area contributed by atoms with Crippen LogP contribution >= 0.6 is 0 Å². The van der Waals surface area contributed by atoms with Gasteiger partial charge in [-0.05, 0) is 31.0 Å². The molecule has 1 amide bonds. The van der Waals surface area contributed by atoms with Crippen molar-refractivity contribution in [3.63, 3.8) is 0 Å². The fraction of sp³-hybridized carbons (Fsp3) is 0.400. The Morgan fingerprint density at radius 3 is 3.05 bits per heavy atom. The van der Waals surface area contributed by atoms with Gasteiger partial charge in [0.05, 0.1) is 19.2 Å². The van der Waals surface area contributed by atoms with E-state index in [0.717, 1.165) is 28.7 Å². The van der Waals surface area contributed by atoms with Crippen LogP contribution in [0, 0.1) is 0 Å². The molecule has 5 heteroatoms. The number of hydrogen-bond donors (Lipinski definition) is 3. The van der Waals surface area contributed by atoms with E-state index in [0.29, 0.717) is 13.0 Å². The van der Waals surface area contributed by atoms with Gasteiger partial charge < -0.3 is 20.3 Å². The molecule has 20 heavy (non-hydrogen) atoms. The number of nitrogens with one attached hydrogen (secondary N) is 2. The summed E-state index contributed by atoms with van der Waals surface area (Å²) in [4.78, 5) is 17.4. The molecule has 0 saturated carbocycles. The number of rotatable bonds is 2. The van der Waals surface area contributed by atoms with Crippen LogP contribution in [0.5, 0.6) is 0 Å². The van der Waals surface area contributed by atoms with E-state index >= 15 is 0 Å². The van der Waals surface area contributed by atoms with Crippen LogP contribution in [-0.4, -0.2) is 41.7 Å². The summed E-state index contributed by atoms with van der Waals surface area (Å²) in [5.41, 5.74) is 3.28. The van der Waals surface area contributed by atoms with E-state index in [4.69, 9.17) is 0 Å². The lowest BCUT2D eigenvalue weighted by Crippen LogP contribution is -2.44. The average Bonchev–Trinajstić information content (AvgIpc) is 2.88. The van der Waals surface area contributed by atoms with Gasteiger partial charge in [0.2, 0.25) is 5.91 Å². The normalized spacial score (nSPS) is 19.4. The van der Waals surface area contributed by atoms with Gasteiger partial charge in [-0.3, -0.25) is 4.79 Å². The summed E-state index contributed by atoms with van der Waals surface area (Å²) < 4.78 is 0. The average molecular weight is 273 g/mol. The Morgan fingerprint density at radius 1 is 1.45 bits per heavy atom. The molecule has 0 spiro atoms. The Labute approximate surface area is 117 Å². The lowest BCUT2D eigenvalue weighted by Gasteiger charge is -2.23. The van der Waals surface area contributed by atoms with Gasteiger partial charge in [0.25, 0.3) is 0 Å². The van der Waals surface area contributed by atoms with Crippen LogP contribution < -0.4 is 10.2 Å². The van der Waals surface area contributed by atoms with E-state index in [1.165, 1.54) is 0 Å². The van der Waals surface area contributed by atoms with Crippen LogP contribution in [-0.2, 0) is 11.2 Å². The summed E-state index contributed by atoms with van der Waals surface area (Å²) >= 11 is 0. The van der Waals surface area contributed by atoms with Gasteiger partial charge in [-0.1, -0.05) is 6.07 Å². The Bertz CT molecular complexity index is 635. The number of amides is 1. The molecule has 106 valence electrons. The Kier molecular flexibility index (Phi) is 3.36. The number of hydrogen-bond acceptors (Lipinski definition) is 3. The highest BCUT2D eigenvalue weighted by Gasteiger charge is 2.22. The van der Waals surface area contributed by atoms with Crippen molar-refractivity contribution in [3.05, 3.63) is 30.0 Å². The maximum absolute atomic E-state index is 12.0. The van der Waals surface area contributed by atoms with Gasteiger partial charge >= 0.3 is 0 Å². The van der Waals surface area contributed by atoms with Crippen molar-refractivity contribution < 1.29 is 9.90 Å². The second-order valence-electron chi connectivity index (χ2n) is 5.18. The second kappa shape index (κ2) is 5.17. The summed E-state index contributed by atoms with van der Waals surface area (Å²) in [6.45, 7) is 3.07. The first-order valence-electron chi connectivity index (χ1n) is 6.97. The molecule has 0 saturated heterocycles. The van der Waals surface area contributed by atoms with Crippen molar-refractivity contribution in [2.45, 2.75) is 19.4 Å². The molecule has 1 aliphatic rings. The molecule has 2 heterocycles. The topological polar surface area (TPSA) is 68.4 Å². The molecule has 1 unspecified atom stereocenters. The van der Waals surface area contributed by atoms with E-state index in [-0.39, 0.29) is 18.6 Å². The Hall–Kier alpha value is -2.01. The van der Waals surface area contributed by atoms with Crippen LogP contribution in [0.1, 0.15) is 12.5 Å². The number of benzene rings is 1. The van der Waals surface area contributed by atoms with Gasteiger partial charge in [-0.15, -0.1) is 0 Å². The van der Waals surface area contributed by atoms with E-state index in [2.05, 4.69) is 21.3 Å². The lowest BCUT2D eigenvalue weighted by molar-refractivity contribution is -0.120. The summed E-state index contributed by atoms with van der Waals surface area (Å²) in [7, 11) is 0. The number of carbonyl (C=O) groups is 1. The fourth-order valence-electron chi connectivity index (χ4n) is 2.90. The van der Waals surface area contributed by atoms with Crippen LogP contribution in [0.25, 0.3) is 10.9 Å². The highest BCUT2D eigenvalue weighted by Crippen LogP contribution is 2.31. The van der Waals surface area contributed by atoms with Crippen LogP contribution in [0.4, 0.5) is 5.69 Å². The molecule has 1 atom stereocenters. The quantitative estimate of drug-likeness (QED) is 0.765. The van der Waals surface area contributed by atoms with Crippen molar-refractivity contribution in [3.8, 4) is 0 Å². The zero-order valence-corrected chi connectivity index (χ0v) is 11.5. The Morgan fingerprint density at radius 2 is 2.30 bits per heavy atom. The monoisotopic (exact) mass is 273 g/mol. The molecule has 3 rings (SSSR count).